The molecule has 1 fully saturated rings. The normalized spacial score (nSPS) is 16.7. The van der Waals surface area contributed by atoms with Crippen molar-refractivity contribution in [1.82, 2.24) is 10.2 Å². The van der Waals surface area contributed by atoms with Crippen molar-refractivity contribution in [2.45, 2.75) is 18.9 Å². The third-order valence-electron chi connectivity index (χ3n) is 6.25. The van der Waals surface area contributed by atoms with Crippen LogP contribution in [0.1, 0.15) is 30.2 Å². The number of para-hydroxylation sites is 2. The Hall–Kier alpha value is -4.06. The smallest absolute Gasteiger partial charge is 0.321 e. The molecule has 6 heteroatoms. The maximum Gasteiger partial charge on any atom is 0.321 e. The highest BCUT2D eigenvalue weighted by Gasteiger charge is 2.31. The minimum atomic E-state index is -0.408. The van der Waals surface area contributed by atoms with Gasteiger partial charge in [0.2, 0.25) is 5.91 Å². The van der Waals surface area contributed by atoms with Gasteiger partial charge in [-0.1, -0.05) is 66.7 Å². The van der Waals surface area contributed by atoms with Crippen LogP contribution in [0, 0.1) is 5.92 Å². The summed E-state index contributed by atoms with van der Waals surface area (Å²) < 4.78 is 6.11. The number of rotatable bonds is 5. The van der Waals surface area contributed by atoms with Crippen LogP contribution in [0.15, 0.2) is 95.4 Å². The summed E-state index contributed by atoms with van der Waals surface area (Å²) in [6.07, 6.45) is 1.52. The zero-order valence-corrected chi connectivity index (χ0v) is 18.8. The van der Waals surface area contributed by atoms with E-state index in [4.69, 9.17) is 4.42 Å². The number of hydrogen-bond donors (Lipinski definition) is 2. The molecule has 3 amide bonds. The Balaban J connectivity index is 1.32. The summed E-state index contributed by atoms with van der Waals surface area (Å²) in [6.45, 7) is 1.01. The molecule has 3 aromatic carbocycles. The van der Waals surface area contributed by atoms with E-state index in [1.54, 1.807) is 4.90 Å². The van der Waals surface area contributed by atoms with E-state index in [9.17, 15) is 9.59 Å². The standard InChI is InChI=1S/C28H27N3O3/c32-27(22-13-9-17-31(19-22)28(33)29-23-14-5-2-6-15-23)30-26(20-10-3-1-4-11-20)25-18-21-12-7-8-16-24(21)34-25/h1-8,10-12,14-16,18,22,26H,9,13,17,19H2,(H,29,33)(H,30,32). The number of fused-ring (bicyclic) bond motifs is 1. The number of anilines is 1. The van der Waals surface area contributed by atoms with Gasteiger partial charge in [0.1, 0.15) is 17.4 Å². The van der Waals surface area contributed by atoms with Crippen molar-refractivity contribution in [1.29, 1.82) is 0 Å². The Kier molecular flexibility index (Phi) is 6.29. The summed E-state index contributed by atoms with van der Waals surface area (Å²) in [5, 5.41) is 7.11. The van der Waals surface area contributed by atoms with Gasteiger partial charge in [0.25, 0.3) is 0 Å². The largest absolute Gasteiger partial charge is 0.459 e. The number of likely N-dealkylation sites (tertiary alicyclic amines) is 1. The Morgan fingerprint density at radius 2 is 1.62 bits per heavy atom. The number of piperidine rings is 1. The molecule has 0 aliphatic carbocycles. The average molecular weight is 454 g/mol. The highest BCUT2D eigenvalue weighted by atomic mass is 16.3. The molecule has 1 aliphatic rings. The van der Waals surface area contributed by atoms with Crippen LogP contribution in [-0.2, 0) is 4.79 Å². The van der Waals surface area contributed by atoms with Crippen LogP contribution in [0.2, 0.25) is 0 Å². The molecule has 2 N–H and O–H groups in total. The molecule has 4 aromatic rings. The summed E-state index contributed by atoms with van der Waals surface area (Å²) >= 11 is 0. The lowest BCUT2D eigenvalue weighted by atomic mass is 9.96. The van der Waals surface area contributed by atoms with E-state index in [0.29, 0.717) is 18.8 Å². The predicted octanol–water partition coefficient (Wildman–Crippen LogP) is 5.58. The van der Waals surface area contributed by atoms with Gasteiger partial charge in [-0.25, -0.2) is 4.79 Å². The van der Waals surface area contributed by atoms with Crippen molar-refractivity contribution >= 4 is 28.6 Å². The van der Waals surface area contributed by atoms with Crippen LogP contribution in [0.25, 0.3) is 11.0 Å². The van der Waals surface area contributed by atoms with Gasteiger partial charge in [-0.2, -0.15) is 0 Å². The van der Waals surface area contributed by atoms with E-state index in [1.807, 2.05) is 91.0 Å². The summed E-state index contributed by atoms with van der Waals surface area (Å²) in [5.74, 6) is 0.327. The first-order chi connectivity index (χ1) is 16.7. The maximum absolute atomic E-state index is 13.4. The zero-order valence-electron chi connectivity index (χ0n) is 18.8. The average Bonchev–Trinajstić information content (AvgIpc) is 3.32. The van der Waals surface area contributed by atoms with E-state index in [-0.39, 0.29) is 17.9 Å². The first-order valence-corrected chi connectivity index (χ1v) is 11.6. The number of carbonyl (C=O) groups is 2. The Labute approximate surface area is 198 Å². The Morgan fingerprint density at radius 1 is 0.912 bits per heavy atom. The van der Waals surface area contributed by atoms with Gasteiger partial charge in [-0.3, -0.25) is 4.79 Å². The number of benzene rings is 3. The predicted molar refractivity (Wildman–Crippen MR) is 132 cm³/mol. The number of amides is 3. The fraction of sp³-hybridized carbons (Fsp3) is 0.214. The maximum atomic E-state index is 13.4. The number of carbonyl (C=O) groups excluding carboxylic acids is 2. The van der Waals surface area contributed by atoms with Gasteiger partial charge in [-0.15, -0.1) is 0 Å². The van der Waals surface area contributed by atoms with Crippen molar-refractivity contribution in [3.63, 3.8) is 0 Å². The second-order valence-corrected chi connectivity index (χ2v) is 8.62. The fourth-order valence-electron chi connectivity index (χ4n) is 4.47. The van der Waals surface area contributed by atoms with Crippen LogP contribution in [0.3, 0.4) is 0 Å². The number of urea groups is 1. The summed E-state index contributed by atoms with van der Waals surface area (Å²) in [7, 11) is 0. The van der Waals surface area contributed by atoms with E-state index in [1.165, 1.54) is 0 Å². The molecule has 0 saturated carbocycles. The molecule has 6 nitrogen and oxygen atoms in total. The molecule has 1 saturated heterocycles. The lowest BCUT2D eigenvalue weighted by molar-refractivity contribution is -0.126. The van der Waals surface area contributed by atoms with Crippen molar-refractivity contribution in [2.24, 2.45) is 5.92 Å². The zero-order chi connectivity index (χ0) is 23.3. The highest BCUT2D eigenvalue weighted by molar-refractivity contribution is 5.90. The van der Waals surface area contributed by atoms with Crippen LogP contribution in [0.4, 0.5) is 10.5 Å². The molecule has 2 unspecified atom stereocenters. The molecule has 172 valence electrons. The lowest BCUT2D eigenvalue weighted by Gasteiger charge is -2.32. The van der Waals surface area contributed by atoms with Crippen LogP contribution in [-0.4, -0.2) is 29.9 Å². The van der Waals surface area contributed by atoms with Crippen molar-refractivity contribution in [3.05, 3.63) is 102 Å². The summed E-state index contributed by atoms with van der Waals surface area (Å²) in [5.41, 5.74) is 2.48. The SMILES string of the molecule is O=C(NC(c1ccccc1)c1cc2ccccc2o1)C1CCCN(C(=O)Nc2ccccc2)C1. The molecular weight excluding hydrogens is 426 g/mol. The number of hydrogen-bond acceptors (Lipinski definition) is 3. The molecule has 0 spiro atoms. The van der Waals surface area contributed by atoms with E-state index >= 15 is 0 Å². The lowest BCUT2D eigenvalue weighted by Crippen LogP contribution is -2.47. The van der Waals surface area contributed by atoms with E-state index in [0.717, 1.165) is 35.1 Å². The van der Waals surface area contributed by atoms with Gasteiger partial charge < -0.3 is 20.0 Å². The molecule has 0 bridgehead atoms. The number of nitrogens with zero attached hydrogens (tertiary/aromatic N) is 1. The van der Waals surface area contributed by atoms with Crippen molar-refractivity contribution < 1.29 is 14.0 Å². The van der Waals surface area contributed by atoms with Crippen LogP contribution < -0.4 is 10.6 Å². The molecule has 0 radical (unpaired) electrons. The van der Waals surface area contributed by atoms with Gasteiger partial charge in [-0.05, 0) is 42.7 Å². The number of nitrogens with one attached hydrogen (secondary N) is 2. The third-order valence-corrected chi connectivity index (χ3v) is 6.25. The van der Waals surface area contributed by atoms with Crippen LogP contribution >= 0.6 is 0 Å². The quantitative estimate of drug-likeness (QED) is 0.414. The van der Waals surface area contributed by atoms with Gasteiger partial charge in [0, 0.05) is 24.2 Å². The first-order valence-electron chi connectivity index (χ1n) is 11.6. The second kappa shape index (κ2) is 9.83. The van der Waals surface area contributed by atoms with Gasteiger partial charge >= 0.3 is 6.03 Å². The van der Waals surface area contributed by atoms with Crippen molar-refractivity contribution in [3.8, 4) is 0 Å². The summed E-state index contributed by atoms with van der Waals surface area (Å²) in [4.78, 5) is 27.9. The minimum absolute atomic E-state index is 0.0773. The van der Waals surface area contributed by atoms with Crippen molar-refractivity contribution in [2.75, 3.05) is 18.4 Å². The van der Waals surface area contributed by atoms with E-state index in [2.05, 4.69) is 10.6 Å². The molecule has 2 heterocycles. The van der Waals surface area contributed by atoms with Crippen LogP contribution in [0.5, 0.6) is 0 Å². The highest BCUT2D eigenvalue weighted by Crippen LogP contribution is 2.29. The Morgan fingerprint density at radius 3 is 2.38 bits per heavy atom. The molecule has 1 aromatic heterocycles. The number of furan rings is 1. The van der Waals surface area contributed by atoms with Gasteiger partial charge in [0.05, 0.1) is 5.92 Å². The third kappa shape index (κ3) is 4.81. The minimum Gasteiger partial charge on any atom is -0.459 e. The molecule has 5 rings (SSSR count). The Bertz CT molecular complexity index is 1240. The topological polar surface area (TPSA) is 74.6 Å². The monoisotopic (exact) mass is 453 g/mol. The second-order valence-electron chi connectivity index (χ2n) is 8.62. The molecule has 1 aliphatic heterocycles. The first kappa shape index (κ1) is 21.8. The fourth-order valence-corrected chi connectivity index (χ4v) is 4.47. The molecular formula is C28H27N3O3. The molecule has 2 atom stereocenters. The molecule has 34 heavy (non-hydrogen) atoms. The summed E-state index contributed by atoms with van der Waals surface area (Å²) in [6, 6.07) is 28.4. The van der Waals surface area contributed by atoms with E-state index < -0.39 is 6.04 Å². The van der Waals surface area contributed by atoms with Gasteiger partial charge in [0.15, 0.2) is 0 Å².